The van der Waals surface area contributed by atoms with E-state index in [1.165, 1.54) is 5.56 Å². The summed E-state index contributed by atoms with van der Waals surface area (Å²) in [5, 5.41) is 1.82. The molecule has 0 radical (unpaired) electrons. The summed E-state index contributed by atoms with van der Waals surface area (Å²) in [6.45, 7) is 4.69. The number of ether oxygens (including phenoxy) is 1. The minimum atomic E-state index is 0.666. The average molecular weight is 210 g/mol. The van der Waals surface area contributed by atoms with Crippen LogP contribution in [-0.4, -0.2) is 11.6 Å². The van der Waals surface area contributed by atoms with Crippen LogP contribution in [0.5, 0.6) is 5.75 Å². The largest absolute Gasteiger partial charge is 0.492 e. The van der Waals surface area contributed by atoms with E-state index in [0.717, 1.165) is 21.7 Å². The van der Waals surface area contributed by atoms with Crippen LogP contribution in [0, 0.1) is 6.92 Å². The number of aryl methyl sites for hydroxylation is 1. The van der Waals surface area contributed by atoms with Crippen molar-refractivity contribution in [1.82, 2.24) is 4.98 Å². The molecule has 1 heterocycles. The summed E-state index contributed by atoms with van der Waals surface area (Å²) in [6.07, 6.45) is 1.85. The first-order valence-corrected chi connectivity index (χ1v) is 5.00. The van der Waals surface area contributed by atoms with Crippen molar-refractivity contribution in [2.45, 2.75) is 13.8 Å². The van der Waals surface area contributed by atoms with Gasteiger partial charge in [-0.05, 0) is 25.5 Å². The van der Waals surface area contributed by atoms with Gasteiger partial charge in [-0.15, -0.1) is 0 Å². The van der Waals surface area contributed by atoms with Crippen LogP contribution in [0.4, 0.5) is 0 Å². The van der Waals surface area contributed by atoms with Crippen LogP contribution in [0.1, 0.15) is 12.5 Å². The summed E-state index contributed by atoms with van der Waals surface area (Å²) in [6, 6.07) is 3.90. The van der Waals surface area contributed by atoms with E-state index in [4.69, 9.17) is 16.3 Å². The molecule has 0 fully saturated rings. The molecule has 0 aliphatic rings. The number of hydrogen-bond acceptors (Lipinski definition) is 1. The molecule has 1 aromatic carbocycles. The highest BCUT2D eigenvalue weighted by Crippen LogP contribution is 2.32. The first-order chi connectivity index (χ1) is 6.74. The highest BCUT2D eigenvalue weighted by molar-refractivity contribution is 6.35. The Morgan fingerprint density at radius 2 is 2.21 bits per heavy atom. The monoisotopic (exact) mass is 209 g/mol. The number of hydrogen-bond donors (Lipinski definition) is 1. The second-order valence-electron chi connectivity index (χ2n) is 3.20. The standard InChI is InChI=1S/C11H12ClNO/c1-3-14-9-6-13-11-8(12)5-4-7(2)10(9)11/h4-6,13H,3H2,1-2H3. The van der Waals surface area contributed by atoms with Gasteiger partial charge in [-0.25, -0.2) is 0 Å². The molecule has 0 spiro atoms. The quantitative estimate of drug-likeness (QED) is 0.804. The lowest BCUT2D eigenvalue weighted by molar-refractivity contribution is 0.344. The maximum absolute atomic E-state index is 6.06. The van der Waals surface area contributed by atoms with E-state index in [0.29, 0.717) is 6.61 Å². The predicted octanol–water partition coefficient (Wildman–Crippen LogP) is 3.53. The zero-order valence-corrected chi connectivity index (χ0v) is 8.98. The van der Waals surface area contributed by atoms with E-state index in [2.05, 4.69) is 11.9 Å². The van der Waals surface area contributed by atoms with E-state index in [-0.39, 0.29) is 0 Å². The van der Waals surface area contributed by atoms with Gasteiger partial charge in [0, 0.05) is 11.6 Å². The van der Waals surface area contributed by atoms with Gasteiger partial charge < -0.3 is 9.72 Å². The number of nitrogens with one attached hydrogen (secondary N) is 1. The molecular weight excluding hydrogens is 198 g/mol. The van der Waals surface area contributed by atoms with Gasteiger partial charge in [-0.3, -0.25) is 0 Å². The number of rotatable bonds is 2. The third-order valence-corrected chi connectivity index (χ3v) is 2.57. The lowest BCUT2D eigenvalue weighted by Gasteiger charge is -2.03. The van der Waals surface area contributed by atoms with Gasteiger partial charge in [-0.2, -0.15) is 0 Å². The predicted molar refractivity (Wildman–Crippen MR) is 59.2 cm³/mol. The Morgan fingerprint density at radius 3 is 2.93 bits per heavy atom. The van der Waals surface area contributed by atoms with Gasteiger partial charge in [0.05, 0.1) is 17.1 Å². The number of halogens is 1. The molecule has 0 saturated heterocycles. The summed E-state index contributed by atoms with van der Waals surface area (Å²) in [4.78, 5) is 3.13. The van der Waals surface area contributed by atoms with Crippen molar-refractivity contribution in [2.75, 3.05) is 6.61 Å². The van der Waals surface area contributed by atoms with Gasteiger partial charge in [-0.1, -0.05) is 17.7 Å². The molecule has 0 saturated carbocycles. The van der Waals surface area contributed by atoms with Gasteiger partial charge in [0.25, 0.3) is 0 Å². The van der Waals surface area contributed by atoms with Crippen molar-refractivity contribution in [3.05, 3.63) is 28.9 Å². The number of aromatic nitrogens is 1. The minimum absolute atomic E-state index is 0.666. The highest BCUT2D eigenvalue weighted by Gasteiger charge is 2.09. The Balaban J connectivity index is 2.70. The second-order valence-corrected chi connectivity index (χ2v) is 3.61. The molecule has 1 N–H and O–H groups in total. The van der Waals surface area contributed by atoms with Crippen molar-refractivity contribution < 1.29 is 4.74 Å². The van der Waals surface area contributed by atoms with Crippen molar-refractivity contribution >= 4 is 22.5 Å². The zero-order chi connectivity index (χ0) is 10.1. The minimum Gasteiger partial charge on any atom is -0.492 e. The van der Waals surface area contributed by atoms with Gasteiger partial charge in [0.2, 0.25) is 0 Å². The number of H-pyrrole nitrogens is 1. The van der Waals surface area contributed by atoms with Crippen LogP contribution >= 0.6 is 11.6 Å². The van der Waals surface area contributed by atoms with Crippen LogP contribution in [0.2, 0.25) is 5.02 Å². The SMILES string of the molecule is CCOc1c[nH]c2c(Cl)ccc(C)c12. The molecule has 2 nitrogen and oxygen atoms in total. The van der Waals surface area contributed by atoms with E-state index >= 15 is 0 Å². The summed E-state index contributed by atoms with van der Waals surface area (Å²) in [7, 11) is 0. The van der Waals surface area contributed by atoms with Crippen LogP contribution in [0.15, 0.2) is 18.3 Å². The van der Waals surface area contributed by atoms with Crippen molar-refractivity contribution in [3.63, 3.8) is 0 Å². The molecule has 1 aromatic heterocycles. The fraction of sp³-hybridized carbons (Fsp3) is 0.273. The lowest BCUT2D eigenvalue weighted by Crippen LogP contribution is -1.90. The smallest absolute Gasteiger partial charge is 0.144 e. The number of fused-ring (bicyclic) bond motifs is 1. The Labute approximate surface area is 87.8 Å². The summed E-state index contributed by atoms with van der Waals surface area (Å²) < 4.78 is 5.51. The van der Waals surface area contributed by atoms with E-state index in [9.17, 15) is 0 Å². The third kappa shape index (κ3) is 1.36. The summed E-state index contributed by atoms with van der Waals surface area (Å²) in [5.74, 6) is 0.877. The fourth-order valence-corrected chi connectivity index (χ4v) is 1.83. The highest BCUT2D eigenvalue weighted by atomic mass is 35.5. The van der Waals surface area contributed by atoms with Crippen LogP contribution < -0.4 is 4.74 Å². The Hall–Kier alpha value is -1.15. The van der Waals surface area contributed by atoms with Crippen molar-refractivity contribution in [3.8, 4) is 5.75 Å². The average Bonchev–Trinajstić information content (AvgIpc) is 2.58. The molecule has 0 unspecified atom stereocenters. The topological polar surface area (TPSA) is 25.0 Å². The normalized spacial score (nSPS) is 10.8. The van der Waals surface area contributed by atoms with Crippen LogP contribution in [0.25, 0.3) is 10.9 Å². The molecule has 14 heavy (non-hydrogen) atoms. The Bertz CT molecular complexity index is 462. The van der Waals surface area contributed by atoms with E-state index < -0.39 is 0 Å². The molecule has 0 bridgehead atoms. The van der Waals surface area contributed by atoms with Gasteiger partial charge in [0.1, 0.15) is 5.75 Å². The Kier molecular flexibility index (Phi) is 2.38. The van der Waals surface area contributed by atoms with E-state index in [1.807, 2.05) is 25.3 Å². The zero-order valence-electron chi connectivity index (χ0n) is 8.23. The van der Waals surface area contributed by atoms with Crippen LogP contribution in [-0.2, 0) is 0 Å². The third-order valence-electron chi connectivity index (χ3n) is 2.26. The van der Waals surface area contributed by atoms with Gasteiger partial charge >= 0.3 is 0 Å². The molecule has 3 heteroatoms. The first-order valence-electron chi connectivity index (χ1n) is 4.63. The second kappa shape index (κ2) is 3.54. The van der Waals surface area contributed by atoms with Crippen LogP contribution in [0.3, 0.4) is 0 Å². The summed E-state index contributed by atoms with van der Waals surface area (Å²) >= 11 is 6.06. The molecule has 0 amide bonds. The maximum atomic E-state index is 6.06. The molecule has 0 aliphatic heterocycles. The number of aromatic amines is 1. The molecule has 2 rings (SSSR count). The van der Waals surface area contributed by atoms with Gasteiger partial charge in [0.15, 0.2) is 0 Å². The molecule has 0 aliphatic carbocycles. The molecule has 0 atom stereocenters. The summed E-state index contributed by atoms with van der Waals surface area (Å²) in [5.41, 5.74) is 2.13. The molecule has 74 valence electrons. The molecule has 2 aromatic rings. The van der Waals surface area contributed by atoms with Crippen molar-refractivity contribution in [2.24, 2.45) is 0 Å². The maximum Gasteiger partial charge on any atom is 0.144 e. The lowest BCUT2D eigenvalue weighted by atomic mass is 10.1. The fourth-order valence-electron chi connectivity index (χ4n) is 1.62. The van der Waals surface area contributed by atoms with E-state index in [1.54, 1.807) is 0 Å². The number of benzene rings is 1. The van der Waals surface area contributed by atoms with Crippen molar-refractivity contribution in [1.29, 1.82) is 0 Å². The molecular formula is C11H12ClNO. The Morgan fingerprint density at radius 1 is 1.43 bits per heavy atom. The first kappa shape index (κ1) is 9.41.